The van der Waals surface area contributed by atoms with Gasteiger partial charge in [0.2, 0.25) is 5.91 Å². The van der Waals surface area contributed by atoms with Gasteiger partial charge >= 0.3 is 0 Å². The molecule has 0 radical (unpaired) electrons. The molecule has 0 heterocycles. The molecule has 0 saturated heterocycles. The zero-order valence-corrected chi connectivity index (χ0v) is 10.3. The smallest absolute Gasteiger partial charge is 0.223 e. The summed E-state index contributed by atoms with van der Waals surface area (Å²) in [5, 5.41) is 3.00. The monoisotopic (exact) mass is 230 g/mol. The summed E-state index contributed by atoms with van der Waals surface area (Å²) >= 11 is 1.86. The summed E-state index contributed by atoms with van der Waals surface area (Å²) in [6.45, 7) is 0.825. The molecule has 0 aliphatic heterocycles. The predicted octanol–water partition coefficient (Wildman–Crippen LogP) is 1.37. The van der Waals surface area contributed by atoms with Gasteiger partial charge in [-0.2, -0.15) is 11.8 Å². The molecule has 0 aromatic rings. The summed E-state index contributed by atoms with van der Waals surface area (Å²) in [7, 11) is 0. The zero-order valence-electron chi connectivity index (χ0n) is 9.50. The molecule has 1 amide bonds. The number of thioether (sulfide) groups is 1. The van der Waals surface area contributed by atoms with Crippen molar-refractivity contribution < 1.29 is 4.79 Å². The molecule has 0 bridgehead atoms. The van der Waals surface area contributed by atoms with E-state index in [4.69, 9.17) is 5.73 Å². The number of carbonyl (C=O) groups excluding carboxylic acids is 1. The van der Waals surface area contributed by atoms with E-state index in [2.05, 4.69) is 11.6 Å². The molecule has 3 N–H and O–H groups in total. The standard InChI is InChI=1S/C11H22N2OS/c1-15-7-3-2-6-13-11(14)9-4-5-10(12)8-9/h9-10H,2-8,12H2,1H3,(H,13,14). The molecule has 1 rings (SSSR count). The van der Waals surface area contributed by atoms with Crippen molar-refractivity contribution in [2.75, 3.05) is 18.6 Å². The van der Waals surface area contributed by atoms with Crippen molar-refractivity contribution in [3.8, 4) is 0 Å². The highest BCUT2D eigenvalue weighted by Crippen LogP contribution is 2.23. The summed E-state index contributed by atoms with van der Waals surface area (Å²) in [6.07, 6.45) is 7.23. The lowest BCUT2D eigenvalue weighted by Crippen LogP contribution is -2.31. The second-order valence-corrected chi connectivity index (χ2v) is 5.25. The fourth-order valence-corrected chi connectivity index (χ4v) is 2.47. The lowest BCUT2D eigenvalue weighted by Gasteiger charge is -2.10. The van der Waals surface area contributed by atoms with E-state index in [1.807, 2.05) is 11.8 Å². The maximum Gasteiger partial charge on any atom is 0.223 e. The van der Waals surface area contributed by atoms with E-state index in [1.54, 1.807) is 0 Å². The molecule has 1 fully saturated rings. The quantitative estimate of drug-likeness (QED) is 0.678. The topological polar surface area (TPSA) is 55.1 Å². The number of hydrogen-bond donors (Lipinski definition) is 2. The second-order valence-electron chi connectivity index (χ2n) is 4.26. The molecule has 3 nitrogen and oxygen atoms in total. The zero-order chi connectivity index (χ0) is 11.1. The van der Waals surface area contributed by atoms with Gasteiger partial charge in [0.15, 0.2) is 0 Å². The van der Waals surface area contributed by atoms with E-state index in [-0.39, 0.29) is 17.9 Å². The first-order valence-electron chi connectivity index (χ1n) is 5.76. The van der Waals surface area contributed by atoms with E-state index in [1.165, 1.54) is 12.2 Å². The van der Waals surface area contributed by atoms with E-state index < -0.39 is 0 Å². The number of carbonyl (C=O) groups is 1. The van der Waals surface area contributed by atoms with Crippen molar-refractivity contribution in [1.82, 2.24) is 5.32 Å². The lowest BCUT2D eigenvalue weighted by molar-refractivity contribution is -0.124. The van der Waals surface area contributed by atoms with Crippen molar-refractivity contribution in [2.45, 2.75) is 38.1 Å². The molecule has 1 saturated carbocycles. The minimum atomic E-state index is 0.181. The molecule has 0 aromatic heterocycles. The van der Waals surface area contributed by atoms with Crippen LogP contribution in [-0.4, -0.2) is 30.5 Å². The van der Waals surface area contributed by atoms with Crippen LogP contribution in [0.4, 0.5) is 0 Å². The van der Waals surface area contributed by atoms with E-state index in [0.29, 0.717) is 0 Å². The number of rotatable bonds is 6. The SMILES string of the molecule is CSCCCCNC(=O)C1CCC(N)C1. The van der Waals surface area contributed by atoms with Gasteiger partial charge in [0.05, 0.1) is 0 Å². The van der Waals surface area contributed by atoms with Gasteiger partial charge in [0.1, 0.15) is 0 Å². The number of unbranched alkanes of at least 4 members (excludes halogenated alkanes) is 1. The normalized spacial score (nSPS) is 25.5. The van der Waals surface area contributed by atoms with Crippen LogP contribution in [-0.2, 0) is 4.79 Å². The van der Waals surface area contributed by atoms with Gasteiger partial charge in [0.25, 0.3) is 0 Å². The first kappa shape index (κ1) is 12.8. The molecule has 88 valence electrons. The summed E-state index contributed by atoms with van der Waals surface area (Å²) in [5.74, 6) is 1.58. The van der Waals surface area contributed by atoms with Gasteiger partial charge in [-0.05, 0) is 44.1 Å². The van der Waals surface area contributed by atoms with Crippen molar-refractivity contribution >= 4 is 17.7 Å². The van der Waals surface area contributed by atoms with Crippen molar-refractivity contribution in [2.24, 2.45) is 11.7 Å². The maximum atomic E-state index is 11.7. The third-order valence-electron chi connectivity index (χ3n) is 2.92. The number of nitrogens with one attached hydrogen (secondary N) is 1. The Bertz CT molecular complexity index is 199. The summed E-state index contributed by atoms with van der Waals surface area (Å²) in [5.41, 5.74) is 5.77. The third-order valence-corrected chi connectivity index (χ3v) is 3.62. The molecule has 1 aliphatic carbocycles. The van der Waals surface area contributed by atoms with Crippen molar-refractivity contribution in [1.29, 1.82) is 0 Å². The lowest BCUT2D eigenvalue weighted by atomic mass is 10.1. The fraction of sp³-hybridized carbons (Fsp3) is 0.909. The van der Waals surface area contributed by atoms with Crippen LogP contribution >= 0.6 is 11.8 Å². The van der Waals surface area contributed by atoms with Crippen LogP contribution in [0.5, 0.6) is 0 Å². The Labute approximate surface area is 96.6 Å². The van der Waals surface area contributed by atoms with E-state index >= 15 is 0 Å². The predicted molar refractivity (Wildman–Crippen MR) is 65.9 cm³/mol. The molecule has 4 heteroatoms. The van der Waals surface area contributed by atoms with Crippen LogP contribution in [0, 0.1) is 5.92 Å². The van der Waals surface area contributed by atoms with Crippen LogP contribution < -0.4 is 11.1 Å². The minimum absolute atomic E-state index is 0.181. The summed E-state index contributed by atoms with van der Waals surface area (Å²) in [6, 6.07) is 0.247. The van der Waals surface area contributed by atoms with Gasteiger partial charge in [0, 0.05) is 18.5 Å². The number of nitrogens with two attached hydrogens (primary N) is 1. The molecule has 0 spiro atoms. The van der Waals surface area contributed by atoms with E-state index in [0.717, 1.165) is 32.2 Å². The van der Waals surface area contributed by atoms with E-state index in [9.17, 15) is 4.79 Å². The molecule has 1 aliphatic rings. The molecule has 0 aromatic carbocycles. The van der Waals surface area contributed by atoms with Crippen LogP contribution in [0.1, 0.15) is 32.1 Å². The summed E-state index contributed by atoms with van der Waals surface area (Å²) in [4.78, 5) is 11.7. The highest BCUT2D eigenvalue weighted by molar-refractivity contribution is 7.98. The Morgan fingerprint density at radius 1 is 1.47 bits per heavy atom. The first-order valence-corrected chi connectivity index (χ1v) is 7.15. The number of amides is 1. The second kappa shape index (κ2) is 7.12. The third kappa shape index (κ3) is 4.89. The molecule has 15 heavy (non-hydrogen) atoms. The van der Waals surface area contributed by atoms with Crippen molar-refractivity contribution in [3.63, 3.8) is 0 Å². The van der Waals surface area contributed by atoms with Crippen molar-refractivity contribution in [3.05, 3.63) is 0 Å². The number of hydrogen-bond acceptors (Lipinski definition) is 3. The van der Waals surface area contributed by atoms with Gasteiger partial charge in [-0.3, -0.25) is 4.79 Å². The summed E-state index contributed by atoms with van der Waals surface area (Å²) < 4.78 is 0. The molecule has 2 unspecified atom stereocenters. The Hall–Kier alpha value is -0.220. The maximum absolute atomic E-state index is 11.7. The average Bonchev–Trinajstić information content (AvgIpc) is 2.64. The van der Waals surface area contributed by atoms with Gasteiger partial charge in [-0.1, -0.05) is 0 Å². The molecular formula is C11H22N2OS. The van der Waals surface area contributed by atoms with Gasteiger partial charge < -0.3 is 11.1 Å². The largest absolute Gasteiger partial charge is 0.356 e. The van der Waals surface area contributed by atoms with Gasteiger partial charge in [-0.25, -0.2) is 0 Å². The molecular weight excluding hydrogens is 208 g/mol. The van der Waals surface area contributed by atoms with Crippen LogP contribution in [0.25, 0.3) is 0 Å². The van der Waals surface area contributed by atoms with Gasteiger partial charge in [-0.15, -0.1) is 0 Å². The highest BCUT2D eigenvalue weighted by Gasteiger charge is 2.27. The Morgan fingerprint density at radius 3 is 2.87 bits per heavy atom. The fourth-order valence-electron chi connectivity index (χ4n) is 1.98. The Kier molecular flexibility index (Phi) is 6.10. The van der Waals surface area contributed by atoms with Crippen LogP contribution in [0.3, 0.4) is 0 Å². The first-order chi connectivity index (χ1) is 7.24. The van der Waals surface area contributed by atoms with Crippen LogP contribution in [0.15, 0.2) is 0 Å². The van der Waals surface area contributed by atoms with Crippen LogP contribution in [0.2, 0.25) is 0 Å². The minimum Gasteiger partial charge on any atom is -0.356 e. The Morgan fingerprint density at radius 2 is 2.27 bits per heavy atom. The highest BCUT2D eigenvalue weighted by atomic mass is 32.2. The average molecular weight is 230 g/mol. The molecule has 2 atom stereocenters. The Balaban J connectivity index is 2.03.